The zero-order valence-electron chi connectivity index (χ0n) is 17.3. The minimum atomic E-state index is -0.996. The number of anilines is 1. The van der Waals surface area contributed by atoms with Gasteiger partial charge in [0.15, 0.2) is 17.3 Å². The summed E-state index contributed by atoms with van der Waals surface area (Å²) in [6, 6.07) is 13.2. The van der Waals surface area contributed by atoms with E-state index in [0.717, 1.165) is 60.9 Å². The third-order valence-corrected chi connectivity index (χ3v) is 6.49. The van der Waals surface area contributed by atoms with Crippen LogP contribution in [0.5, 0.6) is 0 Å². The van der Waals surface area contributed by atoms with Gasteiger partial charge in [-0.05, 0) is 18.7 Å². The lowest BCUT2D eigenvalue weighted by atomic mass is 9.98. The molecule has 1 amide bonds. The fourth-order valence-corrected chi connectivity index (χ4v) is 4.64. The first-order chi connectivity index (χ1) is 15.0. The van der Waals surface area contributed by atoms with Gasteiger partial charge in [0.25, 0.3) is 0 Å². The molecule has 31 heavy (non-hydrogen) atoms. The lowest BCUT2D eigenvalue weighted by Gasteiger charge is -2.34. The number of nitrogens with zero attached hydrogens (tertiary/aromatic N) is 3. The summed E-state index contributed by atoms with van der Waals surface area (Å²) in [5.41, 5.74) is 1.55. The molecule has 0 unspecified atom stereocenters. The van der Waals surface area contributed by atoms with E-state index < -0.39 is 17.3 Å². The minimum absolute atomic E-state index is 0.0981. The van der Waals surface area contributed by atoms with Crippen LogP contribution in [-0.2, 0) is 4.79 Å². The highest BCUT2D eigenvalue weighted by atomic mass is 32.2. The van der Waals surface area contributed by atoms with Gasteiger partial charge in [-0.25, -0.2) is 13.8 Å². The number of hydrogen-bond donors (Lipinski definition) is 1. The van der Waals surface area contributed by atoms with Crippen LogP contribution in [0.3, 0.4) is 0 Å². The number of halogens is 2. The van der Waals surface area contributed by atoms with Crippen molar-refractivity contribution >= 4 is 34.1 Å². The molecule has 5 nitrogen and oxygen atoms in total. The van der Waals surface area contributed by atoms with Gasteiger partial charge in [0.1, 0.15) is 5.04 Å². The molecule has 0 radical (unpaired) electrons. The molecule has 0 bridgehead atoms. The molecule has 0 aromatic heterocycles. The Morgan fingerprint density at radius 1 is 1.10 bits per heavy atom. The third-order valence-electron chi connectivity index (χ3n) is 5.53. The van der Waals surface area contributed by atoms with Gasteiger partial charge >= 0.3 is 0 Å². The number of piperidine rings is 1. The van der Waals surface area contributed by atoms with Gasteiger partial charge in [-0.15, -0.1) is 0 Å². The summed E-state index contributed by atoms with van der Waals surface area (Å²) >= 11 is 1.32. The average Bonchev–Trinajstić information content (AvgIpc) is 3.14. The summed E-state index contributed by atoms with van der Waals surface area (Å²) in [5, 5.41) is 3.35. The molecule has 2 aromatic rings. The van der Waals surface area contributed by atoms with Crippen molar-refractivity contribution in [1.29, 1.82) is 0 Å². The van der Waals surface area contributed by atoms with Gasteiger partial charge < -0.3 is 10.2 Å². The minimum Gasteiger partial charge on any atom is -0.325 e. The summed E-state index contributed by atoms with van der Waals surface area (Å²) in [5.74, 6) is -2.16. The maximum Gasteiger partial charge on any atom is 0.234 e. The number of likely N-dealkylation sites (tertiary alicyclic amines) is 1. The molecule has 4 rings (SSSR count). The number of aliphatic imine (C=N–C) groups is 2. The molecular formula is C23H24F2N4OS. The van der Waals surface area contributed by atoms with E-state index in [2.05, 4.69) is 17.1 Å². The molecule has 2 aromatic carbocycles. The predicted octanol–water partition coefficient (Wildman–Crippen LogP) is 4.35. The lowest BCUT2D eigenvalue weighted by molar-refractivity contribution is -0.113. The highest BCUT2D eigenvalue weighted by Crippen LogP contribution is 2.35. The maximum absolute atomic E-state index is 13.4. The molecule has 2 heterocycles. The number of carbonyl (C=O) groups is 1. The van der Waals surface area contributed by atoms with Gasteiger partial charge in [-0.1, -0.05) is 49.0 Å². The van der Waals surface area contributed by atoms with Crippen LogP contribution in [0.25, 0.3) is 0 Å². The molecule has 1 saturated heterocycles. The maximum atomic E-state index is 13.4. The van der Waals surface area contributed by atoms with Gasteiger partial charge in [0.05, 0.1) is 11.5 Å². The van der Waals surface area contributed by atoms with Crippen molar-refractivity contribution in [2.45, 2.75) is 25.4 Å². The fourth-order valence-electron chi connectivity index (χ4n) is 3.76. The zero-order chi connectivity index (χ0) is 21.8. The molecule has 0 saturated carbocycles. The third kappa shape index (κ3) is 5.02. The van der Waals surface area contributed by atoms with Crippen molar-refractivity contribution in [2.75, 3.05) is 30.7 Å². The molecule has 1 fully saturated rings. The SMILES string of the molecule is CCN1CCC2(CC1)N=C(SCC(=O)Nc1ccc(F)c(F)c1)C(c1ccccc1)=N2. The number of rotatable bonds is 5. The van der Waals surface area contributed by atoms with Crippen molar-refractivity contribution in [3.63, 3.8) is 0 Å². The van der Waals surface area contributed by atoms with Crippen LogP contribution in [0.15, 0.2) is 58.5 Å². The first-order valence-electron chi connectivity index (χ1n) is 10.3. The summed E-state index contributed by atoms with van der Waals surface area (Å²) < 4.78 is 26.5. The smallest absolute Gasteiger partial charge is 0.234 e. The van der Waals surface area contributed by atoms with Gasteiger partial charge in [0.2, 0.25) is 5.91 Å². The van der Waals surface area contributed by atoms with E-state index in [1.165, 1.54) is 17.8 Å². The Balaban J connectivity index is 1.48. The highest BCUT2D eigenvalue weighted by Gasteiger charge is 2.39. The van der Waals surface area contributed by atoms with Gasteiger partial charge in [0, 0.05) is 43.2 Å². The first-order valence-corrected chi connectivity index (χ1v) is 11.3. The molecule has 2 aliphatic heterocycles. The van der Waals surface area contributed by atoms with E-state index in [1.807, 2.05) is 30.3 Å². The van der Waals surface area contributed by atoms with Crippen LogP contribution in [0.4, 0.5) is 14.5 Å². The second-order valence-corrected chi connectivity index (χ2v) is 8.59. The molecule has 2 aliphatic rings. The Hall–Kier alpha value is -2.58. The van der Waals surface area contributed by atoms with Crippen molar-refractivity contribution in [3.05, 3.63) is 65.7 Å². The van der Waals surface area contributed by atoms with E-state index in [9.17, 15) is 13.6 Å². The van der Waals surface area contributed by atoms with E-state index in [4.69, 9.17) is 9.98 Å². The number of amides is 1. The normalized spacial score (nSPS) is 18.0. The summed E-state index contributed by atoms with van der Waals surface area (Å²) in [7, 11) is 0. The van der Waals surface area contributed by atoms with Crippen LogP contribution in [0.1, 0.15) is 25.3 Å². The van der Waals surface area contributed by atoms with Crippen molar-refractivity contribution in [1.82, 2.24) is 4.90 Å². The van der Waals surface area contributed by atoms with Crippen molar-refractivity contribution < 1.29 is 13.6 Å². The van der Waals surface area contributed by atoms with Crippen LogP contribution in [0, 0.1) is 11.6 Å². The van der Waals surface area contributed by atoms with Crippen LogP contribution < -0.4 is 5.32 Å². The Morgan fingerprint density at radius 3 is 2.52 bits per heavy atom. The van der Waals surface area contributed by atoms with Crippen molar-refractivity contribution in [3.8, 4) is 0 Å². The Bertz CT molecular complexity index is 1020. The Morgan fingerprint density at radius 2 is 1.84 bits per heavy atom. The lowest BCUT2D eigenvalue weighted by Crippen LogP contribution is -2.41. The standard InChI is InChI=1S/C23H24F2N4OS/c1-2-29-12-10-23(11-13-29)27-21(16-6-4-3-5-7-16)22(28-23)31-15-20(30)26-17-8-9-18(24)19(25)14-17/h3-9,14H,2,10-13,15H2,1H3,(H,26,30). The molecule has 1 spiro atoms. The molecular weight excluding hydrogens is 418 g/mol. The zero-order valence-corrected chi connectivity index (χ0v) is 18.1. The van der Waals surface area contributed by atoms with Crippen LogP contribution in [0.2, 0.25) is 0 Å². The fraction of sp³-hybridized carbons (Fsp3) is 0.348. The number of carbonyl (C=O) groups excluding carboxylic acids is 1. The molecule has 0 atom stereocenters. The summed E-state index contributed by atoms with van der Waals surface area (Å²) in [6.45, 7) is 5.06. The van der Waals surface area contributed by atoms with Crippen molar-refractivity contribution in [2.24, 2.45) is 9.98 Å². The number of benzene rings is 2. The highest BCUT2D eigenvalue weighted by molar-refractivity contribution is 8.16. The quantitative estimate of drug-likeness (QED) is 0.749. The largest absolute Gasteiger partial charge is 0.325 e. The van der Waals surface area contributed by atoms with Crippen LogP contribution >= 0.6 is 11.8 Å². The van der Waals surface area contributed by atoms with E-state index >= 15 is 0 Å². The van der Waals surface area contributed by atoms with E-state index in [1.54, 1.807) is 0 Å². The second-order valence-electron chi connectivity index (χ2n) is 7.63. The Labute approximate surface area is 184 Å². The monoisotopic (exact) mass is 442 g/mol. The molecule has 8 heteroatoms. The Kier molecular flexibility index (Phi) is 6.48. The van der Waals surface area contributed by atoms with Gasteiger partial charge in [-0.2, -0.15) is 0 Å². The summed E-state index contributed by atoms with van der Waals surface area (Å²) in [4.78, 5) is 24.8. The molecule has 1 N–H and O–H groups in total. The van der Waals surface area contributed by atoms with E-state index in [0.29, 0.717) is 0 Å². The number of nitrogens with one attached hydrogen (secondary N) is 1. The number of thioether (sulfide) groups is 1. The average molecular weight is 443 g/mol. The number of hydrogen-bond acceptors (Lipinski definition) is 5. The van der Waals surface area contributed by atoms with Crippen LogP contribution in [-0.4, -0.2) is 52.6 Å². The van der Waals surface area contributed by atoms with E-state index in [-0.39, 0.29) is 17.3 Å². The summed E-state index contributed by atoms with van der Waals surface area (Å²) in [6.07, 6.45) is 1.70. The molecule has 0 aliphatic carbocycles. The predicted molar refractivity (Wildman–Crippen MR) is 122 cm³/mol. The molecule has 162 valence electrons. The topological polar surface area (TPSA) is 57.1 Å². The first kappa shape index (κ1) is 21.6. The van der Waals surface area contributed by atoms with Gasteiger partial charge in [-0.3, -0.25) is 9.79 Å². The second kappa shape index (κ2) is 9.28.